The molecule has 5 nitrogen and oxygen atoms in total. The van der Waals surface area contributed by atoms with E-state index in [-0.39, 0.29) is 5.91 Å². The summed E-state index contributed by atoms with van der Waals surface area (Å²) in [5.41, 5.74) is 3.87. The lowest BCUT2D eigenvalue weighted by Gasteiger charge is -2.07. The van der Waals surface area contributed by atoms with Gasteiger partial charge in [0, 0.05) is 0 Å². The lowest BCUT2D eigenvalue weighted by molar-refractivity contribution is 0.0956. The van der Waals surface area contributed by atoms with Gasteiger partial charge in [-0.25, -0.2) is 10.8 Å². The van der Waals surface area contributed by atoms with Gasteiger partial charge in [-0.3, -0.25) is 10.2 Å². The summed E-state index contributed by atoms with van der Waals surface area (Å²) in [6.07, 6.45) is 1.66. The third kappa shape index (κ3) is 3.40. The van der Waals surface area contributed by atoms with E-state index >= 15 is 0 Å². The number of carbonyl (C=O) groups is 1. The molecule has 0 saturated carbocycles. The number of amides is 1. The molecule has 0 aliphatic carbocycles. The Hall–Kier alpha value is -1.92. The average Bonchev–Trinajstić information content (AvgIpc) is 2.91. The molecule has 0 fully saturated rings. The van der Waals surface area contributed by atoms with Crippen LogP contribution in [0.4, 0.5) is 0 Å². The van der Waals surface area contributed by atoms with Gasteiger partial charge in [0.1, 0.15) is 15.6 Å². The Kier molecular flexibility index (Phi) is 5.30. The number of rotatable bonds is 6. The lowest BCUT2D eigenvalue weighted by atomic mass is 10.2. The predicted molar refractivity (Wildman–Crippen MR) is 84.4 cm³/mol. The number of nitrogen functional groups attached to an aromatic ring is 1. The number of hydrazine groups is 1. The molecule has 3 N–H and O–H groups in total. The second kappa shape index (κ2) is 7.19. The Labute approximate surface area is 128 Å². The first-order valence-electron chi connectivity index (χ1n) is 6.94. The van der Waals surface area contributed by atoms with E-state index in [1.54, 1.807) is 0 Å². The van der Waals surface area contributed by atoms with Gasteiger partial charge < -0.3 is 4.74 Å². The van der Waals surface area contributed by atoms with Gasteiger partial charge in [0.2, 0.25) is 0 Å². The molecule has 0 bridgehead atoms. The van der Waals surface area contributed by atoms with Crippen LogP contribution in [0.1, 0.15) is 35.6 Å². The lowest BCUT2D eigenvalue weighted by Crippen LogP contribution is -2.30. The standard InChI is InChI=1S/C15H19N3O2S/c1-3-7-11-13(14(19)18-16)21-15(17-11)10-8-5-6-9-12(10)20-4-2/h5-6,8-9H,3-4,7,16H2,1-2H3,(H,18,19). The van der Waals surface area contributed by atoms with Crippen LogP contribution in [0.25, 0.3) is 10.6 Å². The Morgan fingerprint density at radius 1 is 1.38 bits per heavy atom. The maximum atomic E-state index is 11.9. The summed E-state index contributed by atoms with van der Waals surface area (Å²) in [4.78, 5) is 17.0. The molecule has 1 aromatic carbocycles. The number of nitrogens with two attached hydrogens (primary N) is 1. The molecule has 6 heteroatoms. The number of nitrogens with zero attached hydrogens (tertiary/aromatic N) is 1. The van der Waals surface area contributed by atoms with Crippen molar-refractivity contribution in [2.24, 2.45) is 5.84 Å². The van der Waals surface area contributed by atoms with Crippen molar-refractivity contribution in [1.29, 1.82) is 0 Å². The minimum atomic E-state index is -0.295. The molecule has 112 valence electrons. The number of hydrogen-bond donors (Lipinski definition) is 2. The van der Waals surface area contributed by atoms with Crippen molar-refractivity contribution < 1.29 is 9.53 Å². The number of hydrogen-bond acceptors (Lipinski definition) is 5. The molecule has 0 spiro atoms. The van der Waals surface area contributed by atoms with Crippen LogP contribution in [-0.2, 0) is 6.42 Å². The van der Waals surface area contributed by atoms with Gasteiger partial charge in [-0.05, 0) is 25.5 Å². The van der Waals surface area contributed by atoms with E-state index in [1.165, 1.54) is 11.3 Å². The van der Waals surface area contributed by atoms with Crippen LogP contribution >= 0.6 is 11.3 Å². The first-order valence-corrected chi connectivity index (χ1v) is 7.75. The van der Waals surface area contributed by atoms with E-state index in [4.69, 9.17) is 10.6 Å². The molecular weight excluding hydrogens is 286 g/mol. The highest BCUT2D eigenvalue weighted by Crippen LogP contribution is 2.34. The van der Waals surface area contributed by atoms with Crippen molar-refractivity contribution in [2.45, 2.75) is 26.7 Å². The van der Waals surface area contributed by atoms with Crippen LogP contribution < -0.4 is 16.0 Å². The van der Waals surface area contributed by atoms with Gasteiger partial charge in [-0.15, -0.1) is 11.3 Å². The second-order valence-electron chi connectivity index (χ2n) is 4.45. The summed E-state index contributed by atoms with van der Waals surface area (Å²) < 4.78 is 5.63. The van der Waals surface area contributed by atoms with E-state index in [0.717, 1.165) is 34.9 Å². The van der Waals surface area contributed by atoms with E-state index in [9.17, 15) is 4.79 Å². The molecule has 0 aliphatic heterocycles. The third-order valence-corrected chi connectivity index (χ3v) is 4.07. The molecule has 0 unspecified atom stereocenters. The van der Waals surface area contributed by atoms with Crippen LogP contribution in [0.15, 0.2) is 24.3 Å². The Morgan fingerprint density at radius 2 is 2.14 bits per heavy atom. The third-order valence-electron chi connectivity index (χ3n) is 2.94. The summed E-state index contributed by atoms with van der Waals surface area (Å²) in [6, 6.07) is 7.70. The van der Waals surface area contributed by atoms with Gasteiger partial charge in [0.05, 0.1) is 17.9 Å². The quantitative estimate of drug-likeness (QED) is 0.489. The molecular formula is C15H19N3O2S. The van der Waals surface area contributed by atoms with E-state index in [1.807, 2.05) is 31.2 Å². The maximum Gasteiger partial charge on any atom is 0.277 e. The van der Waals surface area contributed by atoms with Gasteiger partial charge in [0.15, 0.2) is 0 Å². The predicted octanol–water partition coefficient (Wildman–Crippen LogP) is 2.76. The molecule has 21 heavy (non-hydrogen) atoms. The van der Waals surface area contributed by atoms with Crippen molar-refractivity contribution >= 4 is 17.2 Å². The molecule has 1 amide bonds. The summed E-state index contributed by atoms with van der Waals surface area (Å²) in [5.74, 6) is 5.73. The normalized spacial score (nSPS) is 10.4. The minimum absolute atomic E-state index is 0.295. The fraction of sp³-hybridized carbons (Fsp3) is 0.333. The molecule has 0 radical (unpaired) electrons. The van der Waals surface area contributed by atoms with Gasteiger partial charge in [-0.2, -0.15) is 0 Å². The highest BCUT2D eigenvalue weighted by atomic mass is 32.1. The van der Waals surface area contributed by atoms with Crippen LogP contribution in [0.5, 0.6) is 5.75 Å². The zero-order valence-corrected chi connectivity index (χ0v) is 13.0. The zero-order chi connectivity index (χ0) is 15.2. The fourth-order valence-electron chi connectivity index (χ4n) is 2.04. The topological polar surface area (TPSA) is 77.2 Å². The molecule has 2 rings (SSSR count). The molecule has 0 aliphatic rings. The smallest absolute Gasteiger partial charge is 0.277 e. The van der Waals surface area contributed by atoms with Crippen LogP contribution in [0.2, 0.25) is 0 Å². The van der Waals surface area contributed by atoms with Crippen LogP contribution in [-0.4, -0.2) is 17.5 Å². The molecule has 0 atom stereocenters. The van der Waals surface area contributed by atoms with Gasteiger partial charge >= 0.3 is 0 Å². The number of ether oxygens (including phenoxy) is 1. The number of benzene rings is 1. The van der Waals surface area contributed by atoms with Crippen molar-refractivity contribution in [3.8, 4) is 16.3 Å². The summed E-state index contributed by atoms with van der Waals surface area (Å²) >= 11 is 1.34. The molecule has 0 saturated heterocycles. The number of thiazole rings is 1. The Bertz CT molecular complexity index is 625. The van der Waals surface area contributed by atoms with E-state index < -0.39 is 0 Å². The van der Waals surface area contributed by atoms with Crippen LogP contribution in [0.3, 0.4) is 0 Å². The molecule has 1 heterocycles. The average molecular weight is 305 g/mol. The first-order chi connectivity index (χ1) is 10.2. The van der Waals surface area contributed by atoms with Crippen LogP contribution in [0, 0.1) is 0 Å². The molecule has 1 aromatic heterocycles. The number of nitrogens with one attached hydrogen (secondary N) is 1. The second-order valence-corrected chi connectivity index (χ2v) is 5.45. The Morgan fingerprint density at radius 3 is 2.81 bits per heavy atom. The number of para-hydroxylation sites is 1. The van der Waals surface area contributed by atoms with Gasteiger partial charge in [-0.1, -0.05) is 25.5 Å². The number of aromatic nitrogens is 1. The fourth-order valence-corrected chi connectivity index (χ4v) is 3.09. The van der Waals surface area contributed by atoms with Crippen molar-refractivity contribution in [3.63, 3.8) is 0 Å². The maximum absolute atomic E-state index is 11.9. The first kappa shape index (κ1) is 15.5. The van der Waals surface area contributed by atoms with Crippen molar-refractivity contribution in [2.75, 3.05) is 6.61 Å². The van der Waals surface area contributed by atoms with Gasteiger partial charge in [0.25, 0.3) is 5.91 Å². The summed E-state index contributed by atoms with van der Waals surface area (Å²) in [5, 5.41) is 0.779. The number of carbonyl (C=O) groups excluding carboxylic acids is 1. The zero-order valence-electron chi connectivity index (χ0n) is 12.2. The SMILES string of the molecule is CCCc1nc(-c2ccccc2OCC)sc1C(=O)NN. The van der Waals surface area contributed by atoms with Crippen molar-refractivity contribution in [3.05, 3.63) is 34.8 Å². The summed E-state index contributed by atoms with van der Waals surface area (Å²) in [7, 11) is 0. The highest BCUT2D eigenvalue weighted by molar-refractivity contribution is 7.17. The minimum Gasteiger partial charge on any atom is -0.493 e. The summed E-state index contributed by atoms with van der Waals surface area (Å²) in [6.45, 7) is 4.58. The van der Waals surface area contributed by atoms with Crippen molar-refractivity contribution in [1.82, 2.24) is 10.4 Å². The highest BCUT2D eigenvalue weighted by Gasteiger charge is 2.19. The number of aryl methyl sites for hydroxylation is 1. The van der Waals surface area contributed by atoms with E-state index in [0.29, 0.717) is 11.5 Å². The van der Waals surface area contributed by atoms with E-state index in [2.05, 4.69) is 17.3 Å². The molecule has 2 aromatic rings. The largest absolute Gasteiger partial charge is 0.493 e. The monoisotopic (exact) mass is 305 g/mol. The Balaban J connectivity index is 2.47.